The largest absolute Gasteiger partial charge is 0.450 e. The summed E-state index contributed by atoms with van der Waals surface area (Å²) in [6.45, 7) is 11.0. The third-order valence-electron chi connectivity index (χ3n) is 4.53. The van der Waals surface area contributed by atoms with Crippen LogP contribution in [0.5, 0.6) is 0 Å². The average molecular weight is 283 g/mol. The molecular formula is C15H29N3O2. The summed E-state index contributed by atoms with van der Waals surface area (Å²) in [6, 6.07) is 0.566. The molecule has 0 aliphatic carbocycles. The van der Waals surface area contributed by atoms with Gasteiger partial charge in [-0.05, 0) is 51.7 Å². The molecule has 1 unspecified atom stereocenters. The molecule has 0 aromatic rings. The first-order valence-electron chi connectivity index (χ1n) is 8.10. The van der Waals surface area contributed by atoms with Crippen LogP contribution in [0.3, 0.4) is 0 Å². The third-order valence-corrected chi connectivity index (χ3v) is 4.53. The Morgan fingerprint density at radius 3 is 2.55 bits per heavy atom. The average Bonchev–Trinajstić information content (AvgIpc) is 2.94. The number of ether oxygens (including phenoxy) is 1. The molecule has 0 radical (unpaired) electrons. The lowest BCUT2D eigenvalue weighted by atomic mass is 10.0. The van der Waals surface area contributed by atoms with Gasteiger partial charge in [-0.25, -0.2) is 4.79 Å². The van der Waals surface area contributed by atoms with Crippen LogP contribution in [0.2, 0.25) is 0 Å². The number of likely N-dealkylation sites (tertiary alicyclic amines) is 2. The summed E-state index contributed by atoms with van der Waals surface area (Å²) >= 11 is 0. The summed E-state index contributed by atoms with van der Waals surface area (Å²) in [5, 5.41) is 3.69. The summed E-state index contributed by atoms with van der Waals surface area (Å²) < 4.78 is 5.04. The zero-order valence-corrected chi connectivity index (χ0v) is 12.9. The predicted molar refractivity (Wildman–Crippen MR) is 79.8 cm³/mol. The van der Waals surface area contributed by atoms with Crippen LogP contribution in [0, 0.1) is 5.92 Å². The second kappa shape index (κ2) is 7.84. The number of amides is 1. The van der Waals surface area contributed by atoms with E-state index < -0.39 is 0 Å². The fourth-order valence-electron chi connectivity index (χ4n) is 3.18. The minimum atomic E-state index is -0.152. The van der Waals surface area contributed by atoms with Crippen molar-refractivity contribution in [1.82, 2.24) is 15.1 Å². The van der Waals surface area contributed by atoms with E-state index in [-0.39, 0.29) is 6.09 Å². The Hall–Kier alpha value is -0.810. The molecule has 1 N–H and O–H groups in total. The van der Waals surface area contributed by atoms with Gasteiger partial charge in [0.2, 0.25) is 0 Å². The number of carbonyl (C=O) groups is 1. The standard InChI is InChI=1S/C15H29N3O2/c1-3-17-8-5-13(12-17)11-16-14-6-9-18(10-7-14)15(19)20-4-2/h13-14,16H,3-12H2,1-2H3. The van der Waals surface area contributed by atoms with Crippen molar-refractivity contribution < 1.29 is 9.53 Å². The highest BCUT2D eigenvalue weighted by Gasteiger charge is 2.25. The molecule has 0 bridgehead atoms. The van der Waals surface area contributed by atoms with Crippen molar-refractivity contribution in [3.8, 4) is 0 Å². The summed E-state index contributed by atoms with van der Waals surface area (Å²) in [5.41, 5.74) is 0. The molecule has 20 heavy (non-hydrogen) atoms. The van der Waals surface area contributed by atoms with Crippen LogP contribution in [0.15, 0.2) is 0 Å². The van der Waals surface area contributed by atoms with Crippen LogP contribution >= 0.6 is 0 Å². The fraction of sp³-hybridized carbons (Fsp3) is 0.933. The lowest BCUT2D eigenvalue weighted by Crippen LogP contribution is -2.46. The molecule has 5 heteroatoms. The maximum Gasteiger partial charge on any atom is 0.409 e. The number of nitrogens with one attached hydrogen (secondary N) is 1. The highest BCUT2D eigenvalue weighted by atomic mass is 16.6. The Morgan fingerprint density at radius 1 is 1.20 bits per heavy atom. The third kappa shape index (κ3) is 4.35. The monoisotopic (exact) mass is 283 g/mol. The molecule has 0 aromatic heterocycles. The van der Waals surface area contributed by atoms with E-state index in [9.17, 15) is 4.79 Å². The molecule has 2 rings (SSSR count). The summed E-state index contributed by atoms with van der Waals surface area (Å²) in [6.07, 6.45) is 3.26. The lowest BCUT2D eigenvalue weighted by Gasteiger charge is -2.32. The van der Waals surface area contributed by atoms with Crippen LogP contribution in [0.25, 0.3) is 0 Å². The Labute approximate surface area is 122 Å². The first kappa shape index (κ1) is 15.6. The van der Waals surface area contributed by atoms with Gasteiger partial charge in [0.15, 0.2) is 0 Å². The predicted octanol–water partition coefficient (Wildman–Crippen LogP) is 1.54. The number of carbonyl (C=O) groups excluding carboxylic acids is 1. The molecule has 1 atom stereocenters. The molecule has 1 amide bonds. The fourth-order valence-corrected chi connectivity index (χ4v) is 3.18. The molecule has 0 aromatic carbocycles. The first-order valence-corrected chi connectivity index (χ1v) is 8.10. The normalized spacial score (nSPS) is 25.1. The van der Waals surface area contributed by atoms with Gasteiger partial charge in [-0.1, -0.05) is 6.92 Å². The number of piperidine rings is 1. The van der Waals surface area contributed by atoms with E-state index in [0.29, 0.717) is 12.6 Å². The van der Waals surface area contributed by atoms with E-state index in [2.05, 4.69) is 17.1 Å². The van der Waals surface area contributed by atoms with Crippen LogP contribution in [-0.4, -0.2) is 67.8 Å². The van der Waals surface area contributed by atoms with Gasteiger partial charge in [0.25, 0.3) is 0 Å². The molecule has 5 nitrogen and oxygen atoms in total. The highest BCUT2D eigenvalue weighted by molar-refractivity contribution is 5.67. The Morgan fingerprint density at radius 2 is 1.95 bits per heavy atom. The van der Waals surface area contributed by atoms with Crippen LogP contribution in [-0.2, 0) is 4.74 Å². The molecule has 2 fully saturated rings. The lowest BCUT2D eigenvalue weighted by molar-refractivity contribution is 0.0948. The highest BCUT2D eigenvalue weighted by Crippen LogP contribution is 2.16. The van der Waals surface area contributed by atoms with Crippen LogP contribution < -0.4 is 5.32 Å². The summed E-state index contributed by atoms with van der Waals surface area (Å²) in [5.74, 6) is 0.804. The second-order valence-corrected chi connectivity index (χ2v) is 5.92. The number of nitrogens with zero attached hydrogens (tertiary/aromatic N) is 2. The number of rotatable bonds is 5. The van der Waals surface area contributed by atoms with Crippen molar-refractivity contribution in [2.75, 3.05) is 45.9 Å². The van der Waals surface area contributed by atoms with Crippen LogP contribution in [0.1, 0.15) is 33.1 Å². The van der Waals surface area contributed by atoms with E-state index in [1.807, 2.05) is 11.8 Å². The van der Waals surface area contributed by atoms with Gasteiger partial charge >= 0.3 is 6.09 Å². The van der Waals surface area contributed by atoms with Crippen LogP contribution in [0.4, 0.5) is 4.79 Å². The van der Waals surface area contributed by atoms with E-state index in [4.69, 9.17) is 4.74 Å². The molecule has 2 aliphatic heterocycles. The Bertz CT molecular complexity index is 303. The van der Waals surface area contributed by atoms with Gasteiger partial charge in [0, 0.05) is 25.7 Å². The van der Waals surface area contributed by atoms with Gasteiger partial charge in [-0.3, -0.25) is 0 Å². The molecule has 2 aliphatic rings. The summed E-state index contributed by atoms with van der Waals surface area (Å²) in [7, 11) is 0. The molecule has 2 heterocycles. The minimum Gasteiger partial charge on any atom is -0.450 e. The maximum atomic E-state index is 11.6. The summed E-state index contributed by atoms with van der Waals surface area (Å²) in [4.78, 5) is 16.0. The van der Waals surface area contributed by atoms with Crippen molar-refractivity contribution in [2.24, 2.45) is 5.92 Å². The maximum absolute atomic E-state index is 11.6. The Balaban J connectivity index is 1.61. The first-order chi connectivity index (χ1) is 9.72. The van der Waals surface area contributed by atoms with Crippen molar-refractivity contribution in [2.45, 2.75) is 39.2 Å². The van der Waals surface area contributed by atoms with Crippen molar-refractivity contribution in [1.29, 1.82) is 0 Å². The van der Waals surface area contributed by atoms with Crippen molar-refractivity contribution >= 4 is 6.09 Å². The molecule has 0 saturated carbocycles. The topological polar surface area (TPSA) is 44.8 Å². The SMILES string of the molecule is CCOC(=O)N1CCC(NCC2CCN(CC)C2)CC1. The number of hydrogen-bond donors (Lipinski definition) is 1. The molecular weight excluding hydrogens is 254 g/mol. The smallest absolute Gasteiger partial charge is 0.409 e. The van der Waals surface area contributed by atoms with Crippen molar-refractivity contribution in [3.63, 3.8) is 0 Å². The van der Waals surface area contributed by atoms with E-state index in [0.717, 1.165) is 38.4 Å². The second-order valence-electron chi connectivity index (χ2n) is 5.92. The van der Waals surface area contributed by atoms with Gasteiger partial charge < -0.3 is 19.9 Å². The quantitative estimate of drug-likeness (QED) is 0.831. The molecule has 2 saturated heterocycles. The van der Waals surface area contributed by atoms with E-state index in [1.165, 1.54) is 26.1 Å². The minimum absolute atomic E-state index is 0.152. The van der Waals surface area contributed by atoms with Crippen molar-refractivity contribution in [3.05, 3.63) is 0 Å². The van der Waals surface area contributed by atoms with Gasteiger partial charge in [0.1, 0.15) is 0 Å². The zero-order valence-electron chi connectivity index (χ0n) is 12.9. The van der Waals surface area contributed by atoms with E-state index in [1.54, 1.807) is 0 Å². The molecule has 116 valence electrons. The van der Waals surface area contributed by atoms with E-state index >= 15 is 0 Å². The Kier molecular flexibility index (Phi) is 6.10. The molecule has 0 spiro atoms. The zero-order chi connectivity index (χ0) is 14.4. The van der Waals surface area contributed by atoms with Gasteiger partial charge in [-0.2, -0.15) is 0 Å². The van der Waals surface area contributed by atoms with Gasteiger partial charge in [0.05, 0.1) is 6.61 Å². The van der Waals surface area contributed by atoms with Gasteiger partial charge in [-0.15, -0.1) is 0 Å². The number of hydrogen-bond acceptors (Lipinski definition) is 4.